The van der Waals surface area contributed by atoms with E-state index in [2.05, 4.69) is 13.8 Å². The van der Waals surface area contributed by atoms with Crippen LogP contribution < -0.4 is 13.6 Å². The summed E-state index contributed by atoms with van der Waals surface area (Å²) in [6.45, 7) is 6.17. The van der Waals surface area contributed by atoms with Crippen molar-refractivity contribution < 1.29 is 18.1 Å². The molecule has 0 saturated heterocycles. The van der Waals surface area contributed by atoms with Gasteiger partial charge in [0.05, 0.1) is 0 Å². The van der Waals surface area contributed by atoms with Gasteiger partial charge in [-0.1, -0.05) is 68.4 Å². The number of benzene rings is 4. The molecule has 0 heterocycles. The van der Waals surface area contributed by atoms with Crippen LogP contribution >= 0.6 is 7.82 Å². The first-order chi connectivity index (χ1) is 14.9. The summed E-state index contributed by atoms with van der Waals surface area (Å²) in [5.74, 6) is 1.64. The minimum atomic E-state index is -4.02. The highest BCUT2D eigenvalue weighted by Crippen LogP contribution is 2.50. The van der Waals surface area contributed by atoms with E-state index < -0.39 is 7.82 Å². The van der Waals surface area contributed by atoms with Gasteiger partial charge in [0.1, 0.15) is 17.2 Å². The maximum atomic E-state index is 13.7. The molecule has 1 atom stereocenters. The quantitative estimate of drug-likeness (QED) is 0.278. The summed E-state index contributed by atoms with van der Waals surface area (Å²) in [5.41, 5.74) is 2.15. The van der Waals surface area contributed by atoms with Gasteiger partial charge in [0.15, 0.2) is 0 Å². The lowest BCUT2D eigenvalue weighted by Crippen LogP contribution is -2.07. The lowest BCUT2D eigenvalue weighted by Gasteiger charge is -2.20. The fourth-order valence-electron chi connectivity index (χ4n) is 3.25. The second-order valence-corrected chi connectivity index (χ2v) is 9.21. The third-order valence-electron chi connectivity index (χ3n) is 4.91. The Balaban J connectivity index is 1.65. The molecule has 4 aromatic rings. The van der Waals surface area contributed by atoms with Crippen molar-refractivity contribution in [3.63, 3.8) is 0 Å². The maximum Gasteiger partial charge on any atom is 0.647 e. The van der Waals surface area contributed by atoms with Crippen molar-refractivity contribution in [2.24, 2.45) is 0 Å². The first-order valence-electron chi connectivity index (χ1n) is 10.2. The molecule has 0 bridgehead atoms. The molecular weight excluding hydrogens is 407 g/mol. The molecule has 0 fully saturated rings. The zero-order valence-corrected chi connectivity index (χ0v) is 18.7. The van der Waals surface area contributed by atoms with E-state index in [0.29, 0.717) is 23.2 Å². The van der Waals surface area contributed by atoms with Crippen LogP contribution in [-0.4, -0.2) is 0 Å². The zero-order valence-electron chi connectivity index (χ0n) is 17.8. The molecule has 0 radical (unpaired) electrons. The van der Waals surface area contributed by atoms with Gasteiger partial charge in [0.25, 0.3) is 0 Å². The molecule has 0 aliphatic rings. The standard InChI is InChI=1S/C26H25O4P/c1-19(2)21-11-14-24(15-12-21)28-31(27,29-25-10-6-7-20(3)17-25)30-26-16-13-22-8-4-5-9-23(22)18-26/h4-19H,1-3H3. The van der Waals surface area contributed by atoms with Gasteiger partial charge in [-0.2, -0.15) is 4.57 Å². The summed E-state index contributed by atoms with van der Waals surface area (Å²) < 4.78 is 31.2. The molecule has 158 valence electrons. The van der Waals surface area contributed by atoms with Crippen molar-refractivity contribution >= 4 is 18.6 Å². The predicted molar refractivity (Wildman–Crippen MR) is 125 cm³/mol. The smallest absolute Gasteiger partial charge is 0.386 e. The molecule has 0 N–H and O–H groups in total. The Morgan fingerprint density at radius 3 is 1.94 bits per heavy atom. The Morgan fingerprint density at radius 2 is 1.26 bits per heavy atom. The van der Waals surface area contributed by atoms with E-state index in [4.69, 9.17) is 13.6 Å². The molecule has 0 amide bonds. The minimum absolute atomic E-state index is 0.387. The molecule has 0 spiro atoms. The first-order valence-corrected chi connectivity index (χ1v) is 11.7. The van der Waals surface area contributed by atoms with E-state index in [1.54, 1.807) is 30.3 Å². The van der Waals surface area contributed by atoms with Crippen molar-refractivity contribution in [3.05, 3.63) is 102 Å². The Morgan fingerprint density at radius 1 is 0.645 bits per heavy atom. The van der Waals surface area contributed by atoms with Crippen LogP contribution in [0.5, 0.6) is 17.2 Å². The molecule has 1 unspecified atom stereocenters. The number of fused-ring (bicyclic) bond motifs is 1. The SMILES string of the molecule is Cc1cccc(OP(=O)(Oc2ccc(C(C)C)cc2)Oc2ccc3ccccc3c2)c1. The Labute approximate surface area is 183 Å². The number of rotatable bonds is 7. The van der Waals surface area contributed by atoms with Gasteiger partial charge < -0.3 is 13.6 Å². The predicted octanol–water partition coefficient (Wildman–Crippen LogP) is 7.92. The summed E-state index contributed by atoms with van der Waals surface area (Å²) in [6.07, 6.45) is 0. The van der Waals surface area contributed by atoms with Crippen LogP contribution in [-0.2, 0) is 4.57 Å². The van der Waals surface area contributed by atoms with Crippen molar-refractivity contribution in [1.29, 1.82) is 0 Å². The Bertz CT molecular complexity index is 1230. The maximum absolute atomic E-state index is 13.7. The van der Waals surface area contributed by atoms with Crippen molar-refractivity contribution in [2.75, 3.05) is 0 Å². The molecule has 0 aromatic heterocycles. The summed E-state index contributed by atoms with van der Waals surface area (Å²) in [4.78, 5) is 0. The van der Waals surface area contributed by atoms with Crippen LogP contribution in [0, 0.1) is 6.92 Å². The zero-order chi connectivity index (χ0) is 21.8. The van der Waals surface area contributed by atoms with Crippen LogP contribution in [0.2, 0.25) is 0 Å². The Hall–Kier alpha value is -3.23. The number of phosphoric ester groups is 1. The second-order valence-electron chi connectivity index (χ2n) is 7.77. The summed E-state index contributed by atoms with van der Waals surface area (Å²) in [5, 5.41) is 2.04. The van der Waals surface area contributed by atoms with Gasteiger partial charge in [-0.25, -0.2) is 0 Å². The average molecular weight is 432 g/mol. The van der Waals surface area contributed by atoms with E-state index in [0.717, 1.165) is 21.9 Å². The fourth-order valence-corrected chi connectivity index (χ4v) is 4.49. The van der Waals surface area contributed by atoms with E-state index >= 15 is 0 Å². The summed E-state index contributed by atoms with van der Waals surface area (Å²) in [6, 6.07) is 28.2. The highest BCUT2D eigenvalue weighted by molar-refractivity contribution is 7.49. The van der Waals surface area contributed by atoms with Gasteiger partial charge in [-0.05, 0) is 71.1 Å². The van der Waals surface area contributed by atoms with Crippen molar-refractivity contribution in [1.82, 2.24) is 0 Å². The first kappa shape index (κ1) is 21.0. The molecular formula is C26H25O4P. The molecule has 0 saturated carbocycles. The van der Waals surface area contributed by atoms with Crippen LogP contribution in [0.25, 0.3) is 10.8 Å². The lowest BCUT2D eigenvalue weighted by molar-refractivity contribution is 0.298. The largest absolute Gasteiger partial charge is 0.647 e. The second kappa shape index (κ2) is 8.87. The number of hydrogen-bond acceptors (Lipinski definition) is 4. The number of hydrogen-bond donors (Lipinski definition) is 0. The van der Waals surface area contributed by atoms with Gasteiger partial charge in [-0.15, -0.1) is 0 Å². The van der Waals surface area contributed by atoms with E-state index in [-0.39, 0.29) is 0 Å². The van der Waals surface area contributed by atoms with E-state index in [1.807, 2.05) is 67.6 Å². The van der Waals surface area contributed by atoms with Gasteiger partial charge in [0, 0.05) is 0 Å². The summed E-state index contributed by atoms with van der Waals surface area (Å²) >= 11 is 0. The van der Waals surface area contributed by atoms with Crippen LogP contribution in [0.1, 0.15) is 30.9 Å². The van der Waals surface area contributed by atoms with Crippen molar-refractivity contribution in [3.8, 4) is 17.2 Å². The van der Waals surface area contributed by atoms with E-state index in [9.17, 15) is 4.57 Å². The summed E-state index contributed by atoms with van der Waals surface area (Å²) in [7, 11) is -4.02. The number of phosphoric acid groups is 1. The normalized spacial score (nSPS) is 13.0. The number of aryl methyl sites for hydroxylation is 1. The van der Waals surface area contributed by atoms with Gasteiger partial charge >= 0.3 is 7.82 Å². The van der Waals surface area contributed by atoms with Crippen LogP contribution in [0.3, 0.4) is 0 Å². The lowest BCUT2D eigenvalue weighted by atomic mass is 10.0. The highest BCUT2D eigenvalue weighted by Gasteiger charge is 2.33. The topological polar surface area (TPSA) is 44.8 Å². The fraction of sp³-hybridized carbons (Fsp3) is 0.154. The minimum Gasteiger partial charge on any atom is -0.386 e. The Kier molecular flexibility index (Phi) is 6.01. The third kappa shape index (κ3) is 5.28. The molecule has 4 aromatic carbocycles. The molecule has 31 heavy (non-hydrogen) atoms. The monoisotopic (exact) mass is 432 g/mol. The highest BCUT2D eigenvalue weighted by atomic mass is 31.2. The van der Waals surface area contributed by atoms with E-state index in [1.165, 1.54) is 0 Å². The molecule has 0 aliphatic heterocycles. The van der Waals surface area contributed by atoms with Crippen LogP contribution in [0.15, 0.2) is 91.0 Å². The van der Waals surface area contributed by atoms with Crippen molar-refractivity contribution in [2.45, 2.75) is 26.7 Å². The molecule has 5 heteroatoms. The van der Waals surface area contributed by atoms with Gasteiger partial charge in [0.2, 0.25) is 0 Å². The van der Waals surface area contributed by atoms with Gasteiger partial charge in [-0.3, -0.25) is 0 Å². The average Bonchev–Trinajstić information content (AvgIpc) is 2.74. The molecule has 0 aliphatic carbocycles. The molecule has 4 nitrogen and oxygen atoms in total. The molecule has 4 rings (SSSR count). The third-order valence-corrected chi connectivity index (χ3v) is 6.21. The van der Waals surface area contributed by atoms with Crippen LogP contribution in [0.4, 0.5) is 0 Å².